The molecule has 2 atom stereocenters. The summed E-state index contributed by atoms with van der Waals surface area (Å²) >= 11 is 0. The van der Waals surface area contributed by atoms with E-state index in [4.69, 9.17) is 0 Å². The third-order valence-electron chi connectivity index (χ3n) is 5.06. The number of rotatable bonds is 3. The average Bonchev–Trinajstić information content (AvgIpc) is 2.89. The number of benzene rings is 1. The Bertz CT molecular complexity index is 552. The Labute approximate surface area is 132 Å². The molecule has 1 saturated heterocycles. The molecule has 2 aliphatic rings. The molecule has 0 bridgehead atoms. The third kappa shape index (κ3) is 2.77. The van der Waals surface area contributed by atoms with Crippen LogP contribution in [-0.2, 0) is 11.2 Å². The number of fused-ring (bicyclic) bond motifs is 1. The zero-order valence-electron chi connectivity index (χ0n) is 13.5. The summed E-state index contributed by atoms with van der Waals surface area (Å²) in [5, 5.41) is 14.0. The van der Waals surface area contributed by atoms with Crippen LogP contribution in [0.15, 0.2) is 18.2 Å². The molecule has 2 N–H and O–H groups in total. The molecule has 120 valence electrons. The summed E-state index contributed by atoms with van der Waals surface area (Å²) in [6.07, 6.45) is 3.07. The van der Waals surface area contributed by atoms with Crippen molar-refractivity contribution >= 4 is 11.6 Å². The first kappa shape index (κ1) is 15.5. The highest BCUT2D eigenvalue weighted by Crippen LogP contribution is 2.36. The van der Waals surface area contributed by atoms with Gasteiger partial charge in [-0.2, -0.15) is 0 Å². The zero-order chi connectivity index (χ0) is 15.7. The number of carbonyl (C=O) groups excluding carboxylic acids is 1. The molecule has 3 rings (SSSR count). The van der Waals surface area contributed by atoms with Gasteiger partial charge < -0.3 is 15.3 Å². The van der Waals surface area contributed by atoms with Crippen LogP contribution >= 0.6 is 0 Å². The first-order chi connectivity index (χ1) is 10.6. The highest BCUT2D eigenvalue weighted by atomic mass is 16.3. The Morgan fingerprint density at radius 3 is 2.82 bits per heavy atom. The molecule has 2 unspecified atom stereocenters. The van der Waals surface area contributed by atoms with E-state index < -0.39 is 6.10 Å². The predicted octanol–water partition coefficient (Wildman–Crippen LogP) is 2.41. The fraction of sp³-hybridized carbons (Fsp3) is 0.611. The van der Waals surface area contributed by atoms with Gasteiger partial charge in [-0.1, -0.05) is 19.1 Å². The molecule has 1 aromatic carbocycles. The standard InChI is InChI=1S/C18H26N2O2/c1-3-17(21)20-12(2)10-15-11-14(4-5-16(15)20)18(22)13-6-8-19-9-7-13/h4-5,11-13,18-19,22H,3,6-10H2,1-2H3. The van der Waals surface area contributed by atoms with Crippen molar-refractivity contribution in [1.82, 2.24) is 5.32 Å². The van der Waals surface area contributed by atoms with E-state index in [9.17, 15) is 9.90 Å². The van der Waals surface area contributed by atoms with Crippen LogP contribution < -0.4 is 10.2 Å². The van der Waals surface area contributed by atoms with Gasteiger partial charge in [-0.3, -0.25) is 4.79 Å². The molecular formula is C18H26N2O2. The second-order valence-corrected chi connectivity index (χ2v) is 6.59. The Morgan fingerprint density at radius 1 is 1.41 bits per heavy atom. The van der Waals surface area contributed by atoms with E-state index in [-0.39, 0.29) is 11.9 Å². The zero-order valence-corrected chi connectivity index (χ0v) is 13.5. The smallest absolute Gasteiger partial charge is 0.226 e. The molecule has 4 heteroatoms. The number of piperidine rings is 1. The van der Waals surface area contributed by atoms with Gasteiger partial charge >= 0.3 is 0 Å². The average molecular weight is 302 g/mol. The molecule has 1 amide bonds. The lowest BCUT2D eigenvalue weighted by molar-refractivity contribution is -0.118. The predicted molar refractivity (Wildman–Crippen MR) is 87.9 cm³/mol. The van der Waals surface area contributed by atoms with Crippen LogP contribution in [-0.4, -0.2) is 30.1 Å². The van der Waals surface area contributed by atoms with Crippen LogP contribution in [0, 0.1) is 5.92 Å². The molecule has 0 aliphatic carbocycles. The second-order valence-electron chi connectivity index (χ2n) is 6.59. The van der Waals surface area contributed by atoms with Crippen LogP contribution in [0.2, 0.25) is 0 Å². The topological polar surface area (TPSA) is 52.6 Å². The minimum atomic E-state index is -0.390. The number of hydrogen-bond acceptors (Lipinski definition) is 3. The quantitative estimate of drug-likeness (QED) is 0.901. The van der Waals surface area contributed by atoms with Crippen LogP contribution in [0.1, 0.15) is 50.3 Å². The SMILES string of the molecule is CCC(=O)N1c2ccc(C(O)C3CCNCC3)cc2CC1C. The highest BCUT2D eigenvalue weighted by Gasteiger charge is 2.31. The number of hydrogen-bond donors (Lipinski definition) is 2. The molecule has 0 spiro atoms. The fourth-order valence-corrected chi connectivity index (χ4v) is 3.82. The molecule has 0 aromatic heterocycles. The molecule has 0 radical (unpaired) electrons. The molecule has 0 saturated carbocycles. The van der Waals surface area contributed by atoms with E-state index >= 15 is 0 Å². The monoisotopic (exact) mass is 302 g/mol. The fourth-order valence-electron chi connectivity index (χ4n) is 3.82. The van der Waals surface area contributed by atoms with Gasteiger partial charge in [-0.25, -0.2) is 0 Å². The van der Waals surface area contributed by atoms with Crippen molar-refractivity contribution in [2.45, 2.75) is 51.7 Å². The summed E-state index contributed by atoms with van der Waals surface area (Å²) in [5.41, 5.74) is 3.23. The number of anilines is 1. The number of carbonyl (C=O) groups is 1. The lowest BCUT2D eigenvalue weighted by Gasteiger charge is -2.28. The lowest BCUT2D eigenvalue weighted by Crippen LogP contribution is -2.35. The number of amides is 1. The van der Waals surface area contributed by atoms with Crippen molar-refractivity contribution in [2.75, 3.05) is 18.0 Å². The van der Waals surface area contributed by atoms with Crippen molar-refractivity contribution in [3.63, 3.8) is 0 Å². The van der Waals surface area contributed by atoms with Crippen molar-refractivity contribution in [3.8, 4) is 0 Å². The maximum Gasteiger partial charge on any atom is 0.226 e. The van der Waals surface area contributed by atoms with E-state index in [1.807, 2.05) is 24.0 Å². The number of aliphatic hydroxyl groups excluding tert-OH is 1. The summed E-state index contributed by atoms with van der Waals surface area (Å²) in [6, 6.07) is 6.35. The van der Waals surface area contributed by atoms with Crippen LogP contribution in [0.5, 0.6) is 0 Å². The van der Waals surface area contributed by atoms with Crippen LogP contribution in [0.4, 0.5) is 5.69 Å². The van der Waals surface area contributed by atoms with Gasteiger partial charge in [-0.15, -0.1) is 0 Å². The molecule has 1 aromatic rings. The van der Waals surface area contributed by atoms with E-state index in [2.05, 4.69) is 18.3 Å². The Kier molecular flexibility index (Phi) is 4.50. The Hall–Kier alpha value is -1.39. The number of nitrogens with zero attached hydrogens (tertiary/aromatic N) is 1. The van der Waals surface area contributed by atoms with Gasteiger partial charge in [-0.05, 0) is 62.4 Å². The first-order valence-corrected chi connectivity index (χ1v) is 8.45. The van der Waals surface area contributed by atoms with E-state index in [0.717, 1.165) is 43.6 Å². The summed E-state index contributed by atoms with van der Waals surface area (Å²) in [4.78, 5) is 14.0. The second kappa shape index (κ2) is 6.39. The van der Waals surface area contributed by atoms with Crippen molar-refractivity contribution in [1.29, 1.82) is 0 Å². The minimum Gasteiger partial charge on any atom is -0.388 e. The van der Waals surface area contributed by atoms with E-state index in [1.54, 1.807) is 0 Å². The van der Waals surface area contributed by atoms with Crippen molar-refractivity contribution in [3.05, 3.63) is 29.3 Å². The Morgan fingerprint density at radius 2 is 2.14 bits per heavy atom. The summed E-state index contributed by atoms with van der Waals surface area (Å²) in [6.45, 7) is 5.98. The van der Waals surface area contributed by atoms with Gasteiger partial charge in [0.1, 0.15) is 0 Å². The summed E-state index contributed by atoms with van der Waals surface area (Å²) in [7, 11) is 0. The first-order valence-electron chi connectivity index (χ1n) is 8.45. The maximum atomic E-state index is 12.1. The lowest BCUT2D eigenvalue weighted by atomic mass is 9.87. The van der Waals surface area contributed by atoms with E-state index in [0.29, 0.717) is 12.3 Å². The third-order valence-corrected chi connectivity index (χ3v) is 5.06. The van der Waals surface area contributed by atoms with Gasteiger partial charge in [0.05, 0.1) is 6.10 Å². The number of nitrogens with one attached hydrogen (secondary N) is 1. The summed E-state index contributed by atoms with van der Waals surface area (Å²) in [5.74, 6) is 0.518. The molecule has 2 heterocycles. The van der Waals surface area contributed by atoms with Gasteiger partial charge in [0.15, 0.2) is 0 Å². The number of aliphatic hydroxyl groups is 1. The largest absolute Gasteiger partial charge is 0.388 e. The molecule has 1 fully saturated rings. The maximum absolute atomic E-state index is 12.1. The van der Waals surface area contributed by atoms with Gasteiger partial charge in [0.25, 0.3) is 0 Å². The van der Waals surface area contributed by atoms with E-state index in [1.165, 1.54) is 5.56 Å². The molecule has 4 nitrogen and oxygen atoms in total. The van der Waals surface area contributed by atoms with Crippen molar-refractivity contribution < 1.29 is 9.90 Å². The molecule has 22 heavy (non-hydrogen) atoms. The highest BCUT2D eigenvalue weighted by molar-refractivity contribution is 5.96. The normalized spacial score (nSPS) is 23.4. The van der Waals surface area contributed by atoms with Gasteiger partial charge in [0.2, 0.25) is 5.91 Å². The molecular weight excluding hydrogens is 276 g/mol. The van der Waals surface area contributed by atoms with Gasteiger partial charge in [0, 0.05) is 18.2 Å². The Balaban J connectivity index is 1.83. The minimum absolute atomic E-state index is 0.179. The molecule has 2 aliphatic heterocycles. The van der Waals surface area contributed by atoms with Crippen LogP contribution in [0.25, 0.3) is 0 Å². The van der Waals surface area contributed by atoms with Crippen molar-refractivity contribution in [2.24, 2.45) is 5.92 Å². The van der Waals surface area contributed by atoms with Crippen LogP contribution in [0.3, 0.4) is 0 Å². The summed E-state index contributed by atoms with van der Waals surface area (Å²) < 4.78 is 0.